The molecule has 1 aliphatic rings. The largest absolute Gasteiger partial charge is 0.337 e. The summed E-state index contributed by atoms with van der Waals surface area (Å²) >= 11 is 0. The minimum atomic E-state index is 0.617. The van der Waals surface area contributed by atoms with Gasteiger partial charge in [0.2, 0.25) is 0 Å². The van der Waals surface area contributed by atoms with Crippen LogP contribution in [0.1, 0.15) is 24.2 Å². The van der Waals surface area contributed by atoms with Gasteiger partial charge in [0.15, 0.2) is 0 Å². The van der Waals surface area contributed by atoms with Crippen molar-refractivity contribution in [2.75, 3.05) is 13.6 Å². The molecular formula is C9H15N3. The van der Waals surface area contributed by atoms with Crippen molar-refractivity contribution < 1.29 is 0 Å². The van der Waals surface area contributed by atoms with Crippen LogP contribution in [0.2, 0.25) is 0 Å². The summed E-state index contributed by atoms with van der Waals surface area (Å²) in [5, 5.41) is 0. The topological polar surface area (TPSA) is 21.1 Å². The molecule has 0 amide bonds. The molecule has 1 aromatic rings. The number of nitrogens with zero attached hydrogens (tertiary/aromatic N) is 3. The first-order valence-corrected chi connectivity index (χ1v) is 4.37. The molecule has 0 aromatic carbocycles. The summed E-state index contributed by atoms with van der Waals surface area (Å²) < 4.78 is 2.15. The number of hydrogen-bond acceptors (Lipinski definition) is 2. The van der Waals surface area contributed by atoms with Crippen molar-refractivity contribution in [3.05, 3.63) is 17.7 Å². The lowest BCUT2D eigenvalue weighted by Crippen LogP contribution is -2.30. The minimum Gasteiger partial charge on any atom is -0.337 e. The van der Waals surface area contributed by atoms with Crippen molar-refractivity contribution in [2.45, 2.75) is 19.4 Å². The van der Waals surface area contributed by atoms with E-state index in [0.29, 0.717) is 5.92 Å². The molecule has 0 saturated heterocycles. The van der Waals surface area contributed by atoms with Crippen LogP contribution >= 0.6 is 0 Å². The van der Waals surface area contributed by atoms with E-state index in [1.54, 1.807) is 0 Å². The molecule has 12 heavy (non-hydrogen) atoms. The summed E-state index contributed by atoms with van der Waals surface area (Å²) in [5.41, 5.74) is 2.66. The maximum absolute atomic E-state index is 4.38. The lowest BCUT2D eigenvalue weighted by Gasteiger charge is -2.27. The van der Waals surface area contributed by atoms with E-state index in [1.807, 2.05) is 6.33 Å². The molecule has 1 unspecified atom stereocenters. The Balaban J connectivity index is 2.43. The van der Waals surface area contributed by atoms with Gasteiger partial charge in [0.05, 0.1) is 12.0 Å². The standard InChI is InChI=1S/C9H15N3/c1-7-4-11(2)5-8-9(7)12(3)6-10-8/h6-7H,4-5H2,1-3H3. The predicted octanol–water partition coefficient (Wildman–Crippen LogP) is 0.969. The summed E-state index contributed by atoms with van der Waals surface area (Å²) in [7, 11) is 4.22. The van der Waals surface area contributed by atoms with Crippen molar-refractivity contribution in [3.8, 4) is 0 Å². The predicted molar refractivity (Wildman–Crippen MR) is 48.0 cm³/mol. The van der Waals surface area contributed by atoms with Crippen LogP contribution in [0.4, 0.5) is 0 Å². The fourth-order valence-electron chi connectivity index (χ4n) is 2.12. The maximum Gasteiger partial charge on any atom is 0.0949 e. The van der Waals surface area contributed by atoms with Crippen LogP contribution in [0, 0.1) is 0 Å². The van der Waals surface area contributed by atoms with Gasteiger partial charge in [-0.25, -0.2) is 4.98 Å². The number of imidazole rings is 1. The highest BCUT2D eigenvalue weighted by Gasteiger charge is 2.23. The van der Waals surface area contributed by atoms with Crippen molar-refractivity contribution in [3.63, 3.8) is 0 Å². The first-order chi connectivity index (χ1) is 5.68. The summed E-state index contributed by atoms with van der Waals surface area (Å²) in [6.45, 7) is 4.41. The Morgan fingerprint density at radius 1 is 1.50 bits per heavy atom. The SMILES string of the molecule is CC1CN(C)Cc2ncn(C)c21. The molecule has 2 heterocycles. The molecule has 1 aliphatic heterocycles. The van der Waals surface area contributed by atoms with Crippen LogP contribution in [0.5, 0.6) is 0 Å². The van der Waals surface area contributed by atoms with E-state index >= 15 is 0 Å². The van der Waals surface area contributed by atoms with E-state index in [2.05, 4.69) is 35.5 Å². The third-order valence-electron chi connectivity index (χ3n) is 2.53. The average molecular weight is 165 g/mol. The van der Waals surface area contributed by atoms with Gasteiger partial charge in [-0.15, -0.1) is 0 Å². The van der Waals surface area contributed by atoms with Crippen molar-refractivity contribution in [1.29, 1.82) is 0 Å². The zero-order chi connectivity index (χ0) is 8.72. The van der Waals surface area contributed by atoms with E-state index in [9.17, 15) is 0 Å². The number of aromatic nitrogens is 2. The molecule has 0 spiro atoms. The van der Waals surface area contributed by atoms with E-state index < -0.39 is 0 Å². The zero-order valence-electron chi connectivity index (χ0n) is 7.91. The first kappa shape index (κ1) is 7.80. The van der Waals surface area contributed by atoms with Gasteiger partial charge in [0, 0.05) is 31.7 Å². The molecule has 2 rings (SSSR count). The fraction of sp³-hybridized carbons (Fsp3) is 0.667. The number of hydrogen-bond donors (Lipinski definition) is 0. The Kier molecular flexibility index (Phi) is 1.68. The highest BCUT2D eigenvalue weighted by atomic mass is 15.2. The molecule has 3 heteroatoms. The molecule has 66 valence electrons. The summed E-state index contributed by atoms with van der Waals surface area (Å²) in [6.07, 6.45) is 1.92. The number of rotatable bonds is 0. The number of likely N-dealkylation sites (N-methyl/N-ethyl adjacent to an activating group) is 1. The van der Waals surface area contributed by atoms with Gasteiger partial charge in [0.1, 0.15) is 0 Å². The first-order valence-electron chi connectivity index (χ1n) is 4.37. The van der Waals surface area contributed by atoms with Crippen LogP contribution < -0.4 is 0 Å². The van der Waals surface area contributed by atoms with Gasteiger partial charge < -0.3 is 4.57 Å². The molecular weight excluding hydrogens is 150 g/mol. The van der Waals surface area contributed by atoms with Crippen molar-refractivity contribution in [1.82, 2.24) is 14.5 Å². The summed E-state index contributed by atoms with van der Waals surface area (Å²) in [5.74, 6) is 0.617. The Bertz CT molecular complexity index is 290. The Labute approximate surface area is 73.0 Å². The Morgan fingerprint density at radius 2 is 2.25 bits per heavy atom. The molecule has 1 atom stereocenters. The van der Waals surface area contributed by atoms with Gasteiger partial charge in [0.25, 0.3) is 0 Å². The van der Waals surface area contributed by atoms with Crippen LogP contribution in [-0.4, -0.2) is 28.0 Å². The molecule has 0 aliphatic carbocycles. The highest BCUT2D eigenvalue weighted by Crippen LogP contribution is 2.25. The number of fused-ring (bicyclic) bond motifs is 1. The van der Waals surface area contributed by atoms with E-state index in [0.717, 1.165) is 13.1 Å². The lowest BCUT2D eigenvalue weighted by molar-refractivity contribution is 0.280. The molecule has 0 saturated carbocycles. The van der Waals surface area contributed by atoms with E-state index in [4.69, 9.17) is 0 Å². The second-order valence-electron chi connectivity index (χ2n) is 3.79. The fourth-order valence-corrected chi connectivity index (χ4v) is 2.12. The summed E-state index contributed by atoms with van der Waals surface area (Å²) in [6, 6.07) is 0. The van der Waals surface area contributed by atoms with Crippen LogP contribution in [0.3, 0.4) is 0 Å². The lowest BCUT2D eigenvalue weighted by atomic mass is 10.0. The van der Waals surface area contributed by atoms with Crippen LogP contribution in [0.15, 0.2) is 6.33 Å². The molecule has 1 aromatic heterocycles. The molecule has 0 fully saturated rings. The third-order valence-corrected chi connectivity index (χ3v) is 2.53. The second-order valence-corrected chi connectivity index (χ2v) is 3.79. The zero-order valence-corrected chi connectivity index (χ0v) is 7.91. The molecule has 0 bridgehead atoms. The van der Waals surface area contributed by atoms with Crippen LogP contribution in [0.25, 0.3) is 0 Å². The van der Waals surface area contributed by atoms with Gasteiger partial charge in [-0.2, -0.15) is 0 Å². The smallest absolute Gasteiger partial charge is 0.0949 e. The molecule has 0 N–H and O–H groups in total. The summed E-state index contributed by atoms with van der Waals surface area (Å²) in [4.78, 5) is 6.70. The minimum absolute atomic E-state index is 0.617. The average Bonchev–Trinajstić information content (AvgIpc) is 2.31. The third kappa shape index (κ3) is 1.05. The van der Waals surface area contributed by atoms with Gasteiger partial charge >= 0.3 is 0 Å². The van der Waals surface area contributed by atoms with Crippen LogP contribution in [-0.2, 0) is 13.6 Å². The monoisotopic (exact) mass is 165 g/mol. The Hall–Kier alpha value is -0.830. The quantitative estimate of drug-likeness (QED) is 0.571. The van der Waals surface area contributed by atoms with Crippen molar-refractivity contribution >= 4 is 0 Å². The highest BCUT2D eigenvalue weighted by molar-refractivity contribution is 5.20. The van der Waals surface area contributed by atoms with E-state index in [-0.39, 0.29) is 0 Å². The molecule has 3 nitrogen and oxygen atoms in total. The van der Waals surface area contributed by atoms with Gasteiger partial charge in [-0.1, -0.05) is 6.92 Å². The second kappa shape index (κ2) is 2.59. The van der Waals surface area contributed by atoms with E-state index in [1.165, 1.54) is 11.4 Å². The maximum atomic E-state index is 4.38. The molecule has 0 radical (unpaired) electrons. The van der Waals surface area contributed by atoms with Gasteiger partial charge in [-0.05, 0) is 7.05 Å². The van der Waals surface area contributed by atoms with Gasteiger partial charge in [-0.3, -0.25) is 4.90 Å². The normalized spacial score (nSPS) is 24.1. The Morgan fingerprint density at radius 3 is 3.00 bits per heavy atom. The van der Waals surface area contributed by atoms with Crippen molar-refractivity contribution in [2.24, 2.45) is 7.05 Å². The number of aryl methyl sites for hydroxylation is 1.